The topological polar surface area (TPSA) is 75.7 Å². The fourth-order valence-corrected chi connectivity index (χ4v) is 3.12. The molecule has 0 spiro atoms. The van der Waals surface area contributed by atoms with Gasteiger partial charge in [-0.3, -0.25) is 4.79 Å². The van der Waals surface area contributed by atoms with Crippen molar-refractivity contribution < 1.29 is 17.9 Å². The number of amides is 1. The van der Waals surface area contributed by atoms with Crippen LogP contribution in [0.25, 0.3) is 0 Å². The summed E-state index contributed by atoms with van der Waals surface area (Å²) in [5, 5.41) is 2.67. The number of para-hydroxylation sites is 1. The summed E-state index contributed by atoms with van der Waals surface area (Å²) in [6.45, 7) is -0.0210. The molecule has 24 heavy (non-hydrogen) atoms. The number of carbonyl (C=O) groups is 1. The zero-order valence-electron chi connectivity index (χ0n) is 13.6. The molecule has 0 bridgehead atoms. The number of sulfonamides is 1. The van der Waals surface area contributed by atoms with Crippen LogP contribution in [0.1, 0.15) is 5.56 Å². The third-order valence-electron chi connectivity index (χ3n) is 3.32. The molecule has 0 fully saturated rings. The largest absolute Gasteiger partial charge is 0.484 e. The second-order valence-corrected chi connectivity index (χ2v) is 7.39. The molecule has 2 aromatic rings. The van der Waals surface area contributed by atoms with Crippen LogP contribution in [0.3, 0.4) is 0 Å². The average Bonchev–Trinajstić information content (AvgIpc) is 2.59. The molecule has 1 N–H and O–H groups in total. The molecule has 128 valence electrons. The summed E-state index contributed by atoms with van der Waals surface area (Å²) in [5.74, 6) is 0.277. The van der Waals surface area contributed by atoms with E-state index >= 15 is 0 Å². The molecule has 0 aliphatic rings. The van der Waals surface area contributed by atoms with E-state index in [1.54, 1.807) is 30.3 Å². The minimum absolute atomic E-state index is 0.111. The maximum absolute atomic E-state index is 12.3. The highest BCUT2D eigenvalue weighted by molar-refractivity contribution is 7.89. The van der Waals surface area contributed by atoms with Crippen LogP contribution in [0.4, 0.5) is 0 Å². The monoisotopic (exact) mass is 348 g/mol. The Labute approximate surface area is 142 Å². The van der Waals surface area contributed by atoms with Crippen molar-refractivity contribution in [3.63, 3.8) is 0 Å². The molecule has 1 amide bonds. The van der Waals surface area contributed by atoms with E-state index in [1.165, 1.54) is 20.2 Å². The average molecular weight is 348 g/mol. The van der Waals surface area contributed by atoms with Crippen molar-refractivity contribution in [2.75, 3.05) is 20.7 Å². The quantitative estimate of drug-likeness (QED) is 0.825. The molecular formula is C17H20N2O4S. The van der Waals surface area contributed by atoms with E-state index < -0.39 is 10.0 Å². The fourth-order valence-electron chi connectivity index (χ4n) is 2.01. The van der Waals surface area contributed by atoms with Gasteiger partial charge < -0.3 is 10.1 Å². The number of hydrogen-bond acceptors (Lipinski definition) is 4. The Balaban J connectivity index is 1.98. The summed E-state index contributed by atoms with van der Waals surface area (Å²) in [4.78, 5) is 12.1. The van der Waals surface area contributed by atoms with Gasteiger partial charge in [-0.05, 0) is 23.8 Å². The van der Waals surface area contributed by atoms with E-state index in [4.69, 9.17) is 4.74 Å². The second kappa shape index (κ2) is 7.94. The van der Waals surface area contributed by atoms with Crippen molar-refractivity contribution in [1.29, 1.82) is 0 Å². The molecule has 0 saturated carbocycles. The molecule has 0 aliphatic heterocycles. The fraction of sp³-hybridized carbons (Fsp3) is 0.235. The van der Waals surface area contributed by atoms with Crippen molar-refractivity contribution in [2.24, 2.45) is 0 Å². The van der Waals surface area contributed by atoms with Crippen LogP contribution in [0, 0.1) is 0 Å². The van der Waals surface area contributed by atoms with Gasteiger partial charge in [0.05, 0.1) is 4.90 Å². The van der Waals surface area contributed by atoms with Crippen LogP contribution in [0.2, 0.25) is 0 Å². The van der Waals surface area contributed by atoms with Gasteiger partial charge in [-0.25, -0.2) is 12.7 Å². The maximum Gasteiger partial charge on any atom is 0.258 e. The van der Waals surface area contributed by atoms with Gasteiger partial charge in [0.25, 0.3) is 5.91 Å². The Morgan fingerprint density at radius 2 is 1.67 bits per heavy atom. The number of nitrogens with one attached hydrogen (secondary N) is 1. The first-order chi connectivity index (χ1) is 11.4. The molecule has 0 radical (unpaired) electrons. The first-order valence-corrected chi connectivity index (χ1v) is 8.80. The molecule has 0 atom stereocenters. The van der Waals surface area contributed by atoms with Crippen LogP contribution in [-0.4, -0.2) is 39.3 Å². The summed E-state index contributed by atoms with van der Waals surface area (Å²) in [5.41, 5.74) is 0.527. The van der Waals surface area contributed by atoms with E-state index in [0.29, 0.717) is 11.3 Å². The number of rotatable bonds is 7. The third kappa shape index (κ3) is 4.56. The Hall–Kier alpha value is -2.38. The van der Waals surface area contributed by atoms with Crippen molar-refractivity contribution in [1.82, 2.24) is 9.62 Å². The molecule has 0 saturated heterocycles. The van der Waals surface area contributed by atoms with Crippen LogP contribution in [0.15, 0.2) is 59.5 Å². The number of benzene rings is 2. The highest BCUT2D eigenvalue weighted by Gasteiger charge is 2.20. The van der Waals surface area contributed by atoms with Gasteiger partial charge in [0, 0.05) is 20.6 Å². The van der Waals surface area contributed by atoms with Crippen molar-refractivity contribution in [3.8, 4) is 5.75 Å². The molecule has 2 rings (SSSR count). The van der Waals surface area contributed by atoms with Gasteiger partial charge in [0.15, 0.2) is 6.61 Å². The second-order valence-electron chi connectivity index (χ2n) is 5.27. The Morgan fingerprint density at radius 1 is 1.04 bits per heavy atom. The Morgan fingerprint density at radius 3 is 2.33 bits per heavy atom. The van der Waals surface area contributed by atoms with Crippen molar-refractivity contribution >= 4 is 15.9 Å². The summed E-state index contributed by atoms with van der Waals surface area (Å²) in [6.07, 6.45) is 0. The zero-order chi connectivity index (χ0) is 17.6. The van der Waals surface area contributed by atoms with E-state index in [9.17, 15) is 13.2 Å². The summed E-state index contributed by atoms with van der Waals surface area (Å²) >= 11 is 0. The van der Waals surface area contributed by atoms with Gasteiger partial charge >= 0.3 is 0 Å². The Bertz CT molecular complexity index is 789. The van der Waals surface area contributed by atoms with E-state index in [1.807, 2.05) is 18.2 Å². The van der Waals surface area contributed by atoms with Crippen LogP contribution in [-0.2, 0) is 21.4 Å². The lowest BCUT2D eigenvalue weighted by Gasteiger charge is -2.15. The molecule has 2 aromatic carbocycles. The molecule has 0 unspecified atom stereocenters. The molecule has 0 aromatic heterocycles. The number of hydrogen-bond donors (Lipinski definition) is 1. The van der Waals surface area contributed by atoms with Crippen LogP contribution < -0.4 is 10.1 Å². The first kappa shape index (κ1) is 18.0. The lowest BCUT2D eigenvalue weighted by molar-refractivity contribution is -0.123. The highest BCUT2D eigenvalue weighted by Crippen LogP contribution is 2.18. The summed E-state index contributed by atoms with van der Waals surface area (Å²) < 4.78 is 31.1. The maximum atomic E-state index is 12.3. The summed E-state index contributed by atoms with van der Waals surface area (Å²) in [6, 6.07) is 15.6. The predicted molar refractivity (Wildman–Crippen MR) is 91.1 cm³/mol. The molecule has 0 aliphatic carbocycles. The zero-order valence-corrected chi connectivity index (χ0v) is 14.4. The number of carbonyl (C=O) groups excluding carboxylic acids is 1. The smallest absolute Gasteiger partial charge is 0.258 e. The first-order valence-electron chi connectivity index (χ1n) is 7.36. The number of nitrogens with zero attached hydrogens (tertiary/aromatic N) is 1. The minimum atomic E-state index is -3.56. The molecule has 6 nitrogen and oxygen atoms in total. The Kier molecular flexibility index (Phi) is 5.94. The van der Waals surface area contributed by atoms with E-state index in [0.717, 1.165) is 4.31 Å². The van der Waals surface area contributed by atoms with Crippen LogP contribution in [0.5, 0.6) is 5.75 Å². The van der Waals surface area contributed by atoms with Gasteiger partial charge in [-0.2, -0.15) is 0 Å². The predicted octanol–water partition coefficient (Wildman–Crippen LogP) is 1.63. The lowest BCUT2D eigenvalue weighted by atomic mass is 10.2. The SMILES string of the molecule is CN(C)S(=O)(=O)c1ccccc1CNC(=O)COc1ccccc1. The molecular weight excluding hydrogens is 328 g/mol. The molecule has 0 heterocycles. The number of ether oxygens (including phenoxy) is 1. The lowest BCUT2D eigenvalue weighted by Crippen LogP contribution is -2.30. The van der Waals surface area contributed by atoms with Crippen LogP contribution >= 0.6 is 0 Å². The van der Waals surface area contributed by atoms with E-state index in [-0.39, 0.29) is 24.0 Å². The molecule has 7 heteroatoms. The highest BCUT2D eigenvalue weighted by atomic mass is 32.2. The standard InChI is InChI=1S/C17H20N2O4S/c1-19(2)24(21,22)16-11-7-6-8-14(16)12-18-17(20)13-23-15-9-4-3-5-10-15/h3-11H,12-13H2,1-2H3,(H,18,20). The van der Waals surface area contributed by atoms with Gasteiger partial charge in [-0.15, -0.1) is 0 Å². The normalized spacial score (nSPS) is 11.3. The van der Waals surface area contributed by atoms with Gasteiger partial charge in [-0.1, -0.05) is 36.4 Å². The third-order valence-corrected chi connectivity index (χ3v) is 5.24. The minimum Gasteiger partial charge on any atom is -0.484 e. The van der Waals surface area contributed by atoms with E-state index in [2.05, 4.69) is 5.32 Å². The van der Waals surface area contributed by atoms with Gasteiger partial charge in [0.2, 0.25) is 10.0 Å². The van der Waals surface area contributed by atoms with Gasteiger partial charge in [0.1, 0.15) is 5.75 Å². The summed E-state index contributed by atoms with van der Waals surface area (Å²) in [7, 11) is -0.619. The van der Waals surface area contributed by atoms with Crippen molar-refractivity contribution in [2.45, 2.75) is 11.4 Å². The van der Waals surface area contributed by atoms with Crippen molar-refractivity contribution in [3.05, 3.63) is 60.2 Å².